The Morgan fingerprint density at radius 3 is 2.25 bits per heavy atom. The Balaban J connectivity index is 2.52. The summed E-state index contributed by atoms with van der Waals surface area (Å²) in [5.74, 6) is -0.704. The zero-order chi connectivity index (χ0) is 11.7. The van der Waals surface area contributed by atoms with Gasteiger partial charge in [-0.3, -0.25) is 0 Å². The summed E-state index contributed by atoms with van der Waals surface area (Å²) in [5.41, 5.74) is 0.755. The maximum atomic E-state index is 13.2. The Kier molecular flexibility index (Phi) is 2.83. The molecule has 0 aliphatic heterocycles. The van der Waals surface area contributed by atoms with Gasteiger partial charge >= 0.3 is 0 Å². The van der Waals surface area contributed by atoms with Crippen LogP contribution >= 0.6 is 11.6 Å². The van der Waals surface area contributed by atoms with Crippen LogP contribution in [0.25, 0.3) is 11.4 Å². The molecule has 0 amide bonds. The minimum absolute atomic E-state index is 0.166. The van der Waals surface area contributed by atoms with Gasteiger partial charge in [0.05, 0.1) is 5.69 Å². The van der Waals surface area contributed by atoms with Crippen LogP contribution < -0.4 is 0 Å². The molecule has 0 fully saturated rings. The van der Waals surface area contributed by atoms with Crippen LogP contribution in [0.3, 0.4) is 0 Å². The summed E-state index contributed by atoms with van der Waals surface area (Å²) < 4.78 is 25.9. The first-order valence-corrected chi connectivity index (χ1v) is 4.91. The van der Waals surface area contributed by atoms with Crippen molar-refractivity contribution in [3.05, 3.63) is 46.7 Å². The molecule has 0 aliphatic rings. The third kappa shape index (κ3) is 2.02. The van der Waals surface area contributed by atoms with Gasteiger partial charge in [0.1, 0.15) is 5.82 Å². The Bertz CT molecular complexity index is 503. The second kappa shape index (κ2) is 4.14. The topological polar surface area (TPSA) is 25.8 Å². The molecule has 2 aromatic rings. The van der Waals surface area contributed by atoms with Crippen molar-refractivity contribution in [2.45, 2.75) is 6.92 Å². The number of aryl methyl sites for hydroxylation is 1. The summed E-state index contributed by atoms with van der Waals surface area (Å²) >= 11 is 5.60. The number of halogens is 3. The van der Waals surface area contributed by atoms with Gasteiger partial charge in [0.15, 0.2) is 16.8 Å². The van der Waals surface area contributed by atoms with Crippen molar-refractivity contribution >= 4 is 11.6 Å². The Labute approximate surface area is 95.9 Å². The molecule has 5 heteroatoms. The van der Waals surface area contributed by atoms with Crippen molar-refractivity contribution < 1.29 is 8.78 Å². The Morgan fingerprint density at radius 1 is 1.06 bits per heavy atom. The van der Waals surface area contributed by atoms with Gasteiger partial charge in [-0.05, 0) is 31.2 Å². The quantitative estimate of drug-likeness (QED) is 0.714. The van der Waals surface area contributed by atoms with Crippen LogP contribution in [0, 0.1) is 18.6 Å². The maximum absolute atomic E-state index is 13.2. The van der Waals surface area contributed by atoms with Crippen LogP contribution in [0.4, 0.5) is 8.78 Å². The number of hydrogen-bond donors (Lipinski definition) is 0. The number of hydrogen-bond acceptors (Lipinski definition) is 2. The molecule has 1 heterocycles. The van der Waals surface area contributed by atoms with Crippen LogP contribution in [-0.4, -0.2) is 9.97 Å². The van der Waals surface area contributed by atoms with Crippen LogP contribution in [-0.2, 0) is 0 Å². The van der Waals surface area contributed by atoms with Crippen molar-refractivity contribution in [1.82, 2.24) is 9.97 Å². The standard InChI is InChI=1S/C11H7ClF2N2/c1-6-9(14)10(12)16-11(15-6)7-2-4-8(13)5-3-7/h2-5H,1H3. The fourth-order valence-electron chi connectivity index (χ4n) is 1.25. The molecule has 0 bridgehead atoms. The summed E-state index contributed by atoms with van der Waals surface area (Å²) in [7, 11) is 0. The highest BCUT2D eigenvalue weighted by Crippen LogP contribution is 2.20. The second-order valence-corrected chi connectivity index (χ2v) is 3.60. The molecule has 0 radical (unpaired) electrons. The van der Waals surface area contributed by atoms with Crippen molar-refractivity contribution in [3.8, 4) is 11.4 Å². The van der Waals surface area contributed by atoms with Gasteiger partial charge in [-0.2, -0.15) is 0 Å². The van der Waals surface area contributed by atoms with Crippen molar-refractivity contribution in [3.63, 3.8) is 0 Å². The molecule has 16 heavy (non-hydrogen) atoms. The van der Waals surface area contributed by atoms with E-state index in [1.54, 1.807) is 0 Å². The molecular formula is C11H7ClF2N2. The van der Waals surface area contributed by atoms with Crippen molar-refractivity contribution in [1.29, 1.82) is 0 Å². The second-order valence-electron chi connectivity index (χ2n) is 3.24. The molecule has 0 aliphatic carbocycles. The zero-order valence-electron chi connectivity index (χ0n) is 8.34. The van der Waals surface area contributed by atoms with Gasteiger partial charge < -0.3 is 0 Å². The van der Waals surface area contributed by atoms with Gasteiger partial charge in [0, 0.05) is 5.56 Å². The lowest BCUT2D eigenvalue weighted by molar-refractivity contribution is 0.603. The molecule has 0 atom stereocenters. The fourth-order valence-corrected chi connectivity index (χ4v) is 1.47. The van der Waals surface area contributed by atoms with E-state index in [-0.39, 0.29) is 22.5 Å². The first kappa shape index (κ1) is 11.0. The molecule has 0 saturated carbocycles. The van der Waals surface area contributed by atoms with Crippen molar-refractivity contribution in [2.24, 2.45) is 0 Å². The zero-order valence-corrected chi connectivity index (χ0v) is 9.09. The predicted octanol–water partition coefficient (Wildman–Crippen LogP) is 3.38. The summed E-state index contributed by atoms with van der Waals surface area (Å²) in [6.45, 7) is 1.50. The predicted molar refractivity (Wildman–Crippen MR) is 57.1 cm³/mol. The summed E-state index contributed by atoms with van der Waals surface area (Å²) in [5, 5.41) is -0.230. The Hall–Kier alpha value is -1.55. The van der Waals surface area contributed by atoms with E-state index in [4.69, 9.17) is 11.6 Å². The maximum Gasteiger partial charge on any atom is 0.181 e. The van der Waals surface area contributed by atoms with E-state index in [2.05, 4.69) is 9.97 Å². The number of rotatable bonds is 1. The molecule has 1 aromatic carbocycles. The minimum Gasteiger partial charge on any atom is -0.230 e. The van der Waals surface area contributed by atoms with Gasteiger partial charge in [-0.1, -0.05) is 11.6 Å². The molecule has 82 valence electrons. The van der Waals surface area contributed by atoms with E-state index in [1.165, 1.54) is 31.2 Å². The molecule has 0 saturated heterocycles. The monoisotopic (exact) mass is 240 g/mol. The smallest absolute Gasteiger partial charge is 0.181 e. The summed E-state index contributed by atoms with van der Waals surface area (Å²) in [4.78, 5) is 7.73. The van der Waals surface area contributed by atoms with Gasteiger partial charge in [0.2, 0.25) is 0 Å². The lowest BCUT2D eigenvalue weighted by Gasteiger charge is -2.03. The van der Waals surface area contributed by atoms with E-state index in [0.29, 0.717) is 5.56 Å². The fraction of sp³-hybridized carbons (Fsp3) is 0.0909. The normalized spacial score (nSPS) is 10.5. The number of aromatic nitrogens is 2. The van der Waals surface area contributed by atoms with E-state index >= 15 is 0 Å². The van der Waals surface area contributed by atoms with E-state index in [9.17, 15) is 8.78 Å². The lowest BCUT2D eigenvalue weighted by atomic mass is 10.2. The van der Waals surface area contributed by atoms with E-state index in [1.807, 2.05) is 0 Å². The molecule has 0 spiro atoms. The average Bonchev–Trinajstić information content (AvgIpc) is 2.26. The summed E-state index contributed by atoms with van der Waals surface area (Å²) in [6.07, 6.45) is 0. The minimum atomic E-state index is -0.632. The van der Waals surface area contributed by atoms with Crippen LogP contribution in [0.5, 0.6) is 0 Å². The van der Waals surface area contributed by atoms with E-state index < -0.39 is 5.82 Å². The van der Waals surface area contributed by atoms with Crippen LogP contribution in [0.1, 0.15) is 5.69 Å². The number of nitrogens with zero attached hydrogens (tertiary/aromatic N) is 2. The molecule has 1 aromatic heterocycles. The third-order valence-corrected chi connectivity index (χ3v) is 2.33. The Morgan fingerprint density at radius 2 is 1.69 bits per heavy atom. The van der Waals surface area contributed by atoms with Crippen LogP contribution in [0.15, 0.2) is 24.3 Å². The highest BCUT2D eigenvalue weighted by Gasteiger charge is 2.10. The van der Waals surface area contributed by atoms with Crippen molar-refractivity contribution in [2.75, 3.05) is 0 Å². The van der Waals surface area contributed by atoms with Gasteiger partial charge in [-0.25, -0.2) is 18.7 Å². The van der Waals surface area contributed by atoms with Crippen LogP contribution in [0.2, 0.25) is 5.15 Å². The average molecular weight is 241 g/mol. The molecule has 0 N–H and O–H groups in total. The number of benzene rings is 1. The van der Waals surface area contributed by atoms with Gasteiger partial charge in [-0.15, -0.1) is 0 Å². The lowest BCUT2D eigenvalue weighted by Crippen LogP contribution is -1.97. The molecule has 0 unspecified atom stereocenters. The molecular weight excluding hydrogens is 234 g/mol. The van der Waals surface area contributed by atoms with E-state index in [0.717, 1.165) is 0 Å². The summed E-state index contributed by atoms with van der Waals surface area (Å²) in [6, 6.07) is 5.59. The largest absolute Gasteiger partial charge is 0.230 e. The first-order valence-electron chi connectivity index (χ1n) is 4.53. The SMILES string of the molecule is Cc1nc(-c2ccc(F)cc2)nc(Cl)c1F. The third-order valence-electron chi connectivity index (χ3n) is 2.08. The highest BCUT2D eigenvalue weighted by atomic mass is 35.5. The van der Waals surface area contributed by atoms with Gasteiger partial charge in [0.25, 0.3) is 0 Å². The molecule has 2 rings (SSSR count). The molecule has 2 nitrogen and oxygen atoms in total. The highest BCUT2D eigenvalue weighted by molar-refractivity contribution is 6.29. The first-order chi connectivity index (χ1) is 7.58.